The average Bonchev–Trinajstić information content (AvgIpc) is 2.82. The van der Waals surface area contributed by atoms with Gasteiger partial charge in [-0.05, 0) is 57.7 Å². The van der Waals surface area contributed by atoms with Crippen LogP contribution < -0.4 is 10.5 Å². The minimum absolute atomic E-state index is 0. The van der Waals surface area contributed by atoms with Gasteiger partial charge in [0.05, 0.1) is 0 Å². The first-order chi connectivity index (χ1) is 8.87. The van der Waals surface area contributed by atoms with Gasteiger partial charge in [0.1, 0.15) is 17.1 Å². The quantitative estimate of drug-likeness (QED) is 0.880. The lowest BCUT2D eigenvalue weighted by Gasteiger charge is -2.24. The van der Waals surface area contributed by atoms with E-state index in [1.54, 1.807) is 12.1 Å². The van der Waals surface area contributed by atoms with Crippen molar-refractivity contribution in [3.63, 3.8) is 0 Å². The highest BCUT2D eigenvalue weighted by atomic mass is 35.5. The first-order valence-corrected chi connectivity index (χ1v) is 7.14. The summed E-state index contributed by atoms with van der Waals surface area (Å²) in [6.45, 7) is 6.03. The van der Waals surface area contributed by atoms with Crippen LogP contribution in [0.15, 0.2) is 18.2 Å². The molecule has 0 spiro atoms. The molecule has 0 aliphatic heterocycles. The van der Waals surface area contributed by atoms with E-state index in [-0.39, 0.29) is 29.8 Å². The van der Waals surface area contributed by atoms with Crippen molar-refractivity contribution < 1.29 is 9.84 Å². The summed E-state index contributed by atoms with van der Waals surface area (Å²) in [7, 11) is 0. The fourth-order valence-corrected chi connectivity index (χ4v) is 2.79. The van der Waals surface area contributed by atoms with Crippen LogP contribution in [0.2, 0.25) is 0 Å². The van der Waals surface area contributed by atoms with Gasteiger partial charge in [0, 0.05) is 11.6 Å². The molecule has 20 heavy (non-hydrogen) atoms. The molecule has 2 rings (SSSR count). The van der Waals surface area contributed by atoms with Crippen molar-refractivity contribution in [3.8, 4) is 11.5 Å². The molecule has 1 fully saturated rings. The second-order valence-corrected chi connectivity index (χ2v) is 6.51. The number of benzene rings is 1. The highest BCUT2D eigenvalue weighted by molar-refractivity contribution is 5.85. The van der Waals surface area contributed by atoms with E-state index < -0.39 is 0 Å². The lowest BCUT2D eigenvalue weighted by atomic mass is 9.92. The Morgan fingerprint density at radius 1 is 1.25 bits per heavy atom. The Morgan fingerprint density at radius 2 is 1.85 bits per heavy atom. The van der Waals surface area contributed by atoms with Gasteiger partial charge >= 0.3 is 0 Å². The molecular weight excluding hydrogens is 274 g/mol. The van der Waals surface area contributed by atoms with E-state index in [2.05, 4.69) is 0 Å². The molecule has 1 atom stereocenters. The molecule has 1 aromatic rings. The second-order valence-electron chi connectivity index (χ2n) is 6.51. The van der Waals surface area contributed by atoms with Crippen molar-refractivity contribution in [2.45, 2.75) is 58.1 Å². The first-order valence-electron chi connectivity index (χ1n) is 7.14. The molecule has 0 aromatic heterocycles. The standard InChI is InChI=1S/C16H25NO2.ClH/c1-16(2,3)19-12-8-9-14(18)13(10-12)15(17)11-6-4-5-7-11;/h8-11,15,18H,4-7,17H2,1-3H3;1H/t15-;/m1./s1. The SMILES string of the molecule is CC(C)(C)Oc1ccc(O)c([C@H](N)C2CCCC2)c1.Cl. The lowest BCUT2D eigenvalue weighted by molar-refractivity contribution is 0.130. The molecule has 0 amide bonds. The van der Waals surface area contributed by atoms with Crippen LogP contribution >= 0.6 is 12.4 Å². The monoisotopic (exact) mass is 299 g/mol. The smallest absolute Gasteiger partial charge is 0.120 e. The Balaban J connectivity index is 0.00000200. The summed E-state index contributed by atoms with van der Waals surface area (Å²) >= 11 is 0. The lowest BCUT2D eigenvalue weighted by Crippen LogP contribution is -2.23. The molecule has 1 aliphatic carbocycles. The number of nitrogens with two attached hydrogens (primary N) is 1. The molecule has 1 saturated carbocycles. The van der Waals surface area contributed by atoms with E-state index in [9.17, 15) is 5.11 Å². The van der Waals surface area contributed by atoms with Crippen molar-refractivity contribution >= 4 is 12.4 Å². The van der Waals surface area contributed by atoms with Crippen LogP contribution in [0.25, 0.3) is 0 Å². The number of halogens is 1. The molecular formula is C16H26ClNO2. The van der Waals surface area contributed by atoms with Crippen LogP contribution in [0.1, 0.15) is 58.1 Å². The summed E-state index contributed by atoms with van der Waals surface area (Å²) in [6, 6.07) is 5.28. The summed E-state index contributed by atoms with van der Waals surface area (Å²) in [5, 5.41) is 10.0. The second kappa shape index (κ2) is 6.68. The van der Waals surface area contributed by atoms with Gasteiger partial charge in [0.2, 0.25) is 0 Å². The third kappa shape index (κ3) is 4.29. The number of hydrogen-bond donors (Lipinski definition) is 2. The van der Waals surface area contributed by atoms with Crippen LogP contribution in [-0.2, 0) is 0 Å². The third-order valence-corrected chi connectivity index (χ3v) is 3.69. The number of aromatic hydroxyl groups is 1. The molecule has 0 saturated heterocycles. The summed E-state index contributed by atoms with van der Waals surface area (Å²) in [5.74, 6) is 1.53. The van der Waals surface area contributed by atoms with Crippen LogP contribution in [0.3, 0.4) is 0 Å². The molecule has 114 valence electrons. The molecule has 3 N–H and O–H groups in total. The Hall–Kier alpha value is -0.930. The zero-order chi connectivity index (χ0) is 14.0. The normalized spacial score (nSPS) is 17.6. The van der Waals surface area contributed by atoms with Crippen molar-refractivity contribution in [3.05, 3.63) is 23.8 Å². The van der Waals surface area contributed by atoms with Gasteiger partial charge in [-0.2, -0.15) is 0 Å². The van der Waals surface area contributed by atoms with Crippen molar-refractivity contribution in [2.24, 2.45) is 11.7 Å². The predicted molar refractivity (Wildman–Crippen MR) is 84.6 cm³/mol. The first kappa shape index (κ1) is 17.1. The Labute approximate surface area is 127 Å². The average molecular weight is 300 g/mol. The maximum absolute atomic E-state index is 10.0. The van der Waals surface area contributed by atoms with Crippen molar-refractivity contribution in [2.75, 3.05) is 0 Å². The van der Waals surface area contributed by atoms with E-state index in [1.165, 1.54) is 12.8 Å². The Morgan fingerprint density at radius 3 is 2.40 bits per heavy atom. The number of rotatable bonds is 3. The molecule has 1 aliphatic rings. The largest absolute Gasteiger partial charge is 0.508 e. The van der Waals surface area contributed by atoms with E-state index in [0.29, 0.717) is 5.92 Å². The minimum Gasteiger partial charge on any atom is -0.508 e. The van der Waals surface area contributed by atoms with Crippen LogP contribution in [0.5, 0.6) is 11.5 Å². The van der Waals surface area contributed by atoms with Crippen molar-refractivity contribution in [1.29, 1.82) is 0 Å². The number of ether oxygens (including phenoxy) is 1. The molecule has 0 unspecified atom stereocenters. The summed E-state index contributed by atoms with van der Waals surface area (Å²) in [5.41, 5.74) is 6.89. The van der Waals surface area contributed by atoms with Crippen LogP contribution in [0, 0.1) is 5.92 Å². The fourth-order valence-electron chi connectivity index (χ4n) is 2.79. The highest BCUT2D eigenvalue weighted by Crippen LogP contribution is 2.38. The van der Waals surface area contributed by atoms with Crippen molar-refractivity contribution in [1.82, 2.24) is 0 Å². The number of phenolic OH excluding ortho intramolecular Hbond substituents is 1. The maximum atomic E-state index is 10.0. The highest BCUT2D eigenvalue weighted by Gasteiger charge is 2.25. The van der Waals surface area contributed by atoms with E-state index >= 15 is 0 Å². The number of phenols is 1. The Bertz CT molecular complexity index is 437. The van der Waals surface area contributed by atoms with Gasteiger partial charge in [0.15, 0.2) is 0 Å². The summed E-state index contributed by atoms with van der Waals surface area (Å²) < 4.78 is 5.84. The maximum Gasteiger partial charge on any atom is 0.120 e. The predicted octanol–water partition coefficient (Wildman–Crippen LogP) is 4.18. The topological polar surface area (TPSA) is 55.5 Å². The van der Waals surface area contributed by atoms with E-state index in [4.69, 9.17) is 10.5 Å². The Kier molecular flexibility index (Phi) is 5.72. The summed E-state index contributed by atoms with van der Waals surface area (Å²) in [6.07, 6.45) is 4.81. The van der Waals surface area contributed by atoms with Crippen LogP contribution in [0.4, 0.5) is 0 Å². The van der Waals surface area contributed by atoms with Gasteiger partial charge in [-0.25, -0.2) is 0 Å². The molecule has 1 aromatic carbocycles. The van der Waals surface area contributed by atoms with E-state index in [1.807, 2.05) is 26.8 Å². The van der Waals surface area contributed by atoms with Gasteiger partial charge in [-0.15, -0.1) is 12.4 Å². The zero-order valence-electron chi connectivity index (χ0n) is 12.6. The molecule has 0 heterocycles. The van der Waals surface area contributed by atoms with Gasteiger partial charge in [-0.1, -0.05) is 12.8 Å². The molecule has 0 bridgehead atoms. The molecule has 0 radical (unpaired) electrons. The summed E-state index contributed by atoms with van der Waals surface area (Å²) in [4.78, 5) is 0. The van der Waals surface area contributed by atoms with Gasteiger partial charge < -0.3 is 15.6 Å². The number of hydrogen-bond acceptors (Lipinski definition) is 3. The van der Waals surface area contributed by atoms with Crippen LogP contribution in [-0.4, -0.2) is 10.7 Å². The fraction of sp³-hybridized carbons (Fsp3) is 0.625. The van der Waals surface area contributed by atoms with Gasteiger partial charge in [0.25, 0.3) is 0 Å². The van der Waals surface area contributed by atoms with Gasteiger partial charge in [-0.3, -0.25) is 0 Å². The zero-order valence-corrected chi connectivity index (χ0v) is 13.4. The molecule has 3 nitrogen and oxygen atoms in total. The third-order valence-electron chi connectivity index (χ3n) is 3.69. The molecule has 4 heteroatoms. The van der Waals surface area contributed by atoms with E-state index in [0.717, 1.165) is 24.2 Å². The minimum atomic E-state index is -0.244.